The molecule has 0 aliphatic rings. The number of aromatic nitrogens is 1. The SMILES string of the molecule is CCOc1cc(/C=N\Nc2nc(-c3cccs3)cs2)cc(Br)c1OC. The number of nitrogens with zero attached hydrogens (tertiary/aromatic N) is 2. The largest absolute Gasteiger partial charge is 0.492 e. The summed E-state index contributed by atoms with van der Waals surface area (Å²) in [6.45, 7) is 2.50. The van der Waals surface area contributed by atoms with E-state index in [9.17, 15) is 0 Å². The van der Waals surface area contributed by atoms with E-state index in [1.54, 1.807) is 24.7 Å². The lowest BCUT2D eigenvalue weighted by Gasteiger charge is -2.11. The minimum absolute atomic E-state index is 0.562. The zero-order valence-corrected chi connectivity index (χ0v) is 16.9. The molecular weight excluding hydrogens is 422 g/mol. The number of benzene rings is 1. The Hall–Kier alpha value is -1.90. The summed E-state index contributed by atoms with van der Waals surface area (Å²) in [5.41, 5.74) is 4.82. The molecule has 2 aromatic heterocycles. The molecule has 5 nitrogen and oxygen atoms in total. The van der Waals surface area contributed by atoms with Gasteiger partial charge in [0.1, 0.15) is 0 Å². The van der Waals surface area contributed by atoms with E-state index < -0.39 is 0 Å². The van der Waals surface area contributed by atoms with E-state index in [0.717, 1.165) is 25.7 Å². The molecule has 130 valence electrons. The van der Waals surface area contributed by atoms with Gasteiger partial charge in [0.15, 0.2) is 11.5 Å². The molecule has 0 aliphatic heterocycles. The van der Waals surface area contributed by atoms with Crippen molar-refractivity contribution in [2.45, 2.75) is 6.92 Å². The van der Waals surface area contributed by atoms with Crippen LogP contribution in [0.15, 0.2) is 44.6 Å². The van der Waals surface area contributed by atoms with Crippen LogP contribution in [0.2, 0.25) is 0 Å². The van der Waals surface area contributed by atoms with Crippen molar-refractivity contribution in [3.8, 4) is 22.1 Å². The molecule has 1 aromatic carbocycles. The minimum Gasteiger partial charge on any atom is -0.492 e. The van der Waals surface area contributed by atoms with Crippen molar-refractivity contribution in [1.82, 2.24) is 4.98 Å². The van der Waals surface area contributed by atoms with Crippen molar-refractivity contribution in [3.63, 3.8) is 0 Å². The normalized spacial score (nSPS) is 11.0. The molecule has 0 atom stereocenters. The Morgan fingerprint density at radius 1 is 1.36 bits per heavy atom. The van der Waals surface area contributed by atoms with Crippen LogP contribution in [0, 0.1) is 0 Å². The Morgan fingerprint density at radius 2 is 2.24 bits per heavy atom. The van der Waals surface area contributed by atoms with Gasteiger partial charge >= 0.3 is 0 Å². The van der Waals surface area contributed by atoms with Crippen LogP contribution < -0.4 is 14.9 Å². The highest BCUT2D eigenvalue weighted by molar-refractivity contribution is 9.10. The molecular formula is C17H16BrN3O2S2. The Bertz CT molecular complexity index is 863. The van der Waals surface area contributed by atoms with Crippen molar-refractivity contribution in [1.29, 1.82) is 0 Å². The molecule has 0 radical (unpaired) electrons. The summed E-state index contributed by atoms with van der Waals surface area (Å²) in [6.07, 6.45) is 1.72. The van der Waals surface area contributed by atoms with Gasteiger partial charge in [-0.15, -0.1) is 22.7 Å². The fraction of sp³-hybridized carbons (Fsp3) is 0.176. The number of halogens is 1. The van der Waals surface area contributed by atoms with Gasteiger partial charge in [-0.2, -0.15) is 5.10 Å². The Kier molecular flexibility index (Phi) is 6.06. The predicted octanol–water partition coefficient (Wildman–Crippen LogP) is 5.49. The Labute approximate surface area is 162 Å². The lowest BCUT2D eigenvalue weighted by molar-refractivity contribution is 0.310. The molecule has 2 heterocycles. The molecule has 0 spiro atoms. The van der Waals surface area contributed by atoms with E-state index in [4.69, 9.17) is 9.47 Å². The van der Waals surface area contributed by atoms with Crippen LogP contribution in [0.5, 0.6) is 11.5 Å². The highest BCUT2D eigenvalue weighted by Gasteiger charge is 2.10. The molecule has 0 aliphatic carbocycles. The van der Waals surface area contributed by atoms with Crippen LogP contribution in [0.4, 0.5) is 5.13 Å². The number of methoxy groups -OCH3 is 1. The van der Waals surface area contributed by atoms with Gasteiger partial charge in [0.2, 0.25) is 5.13 Å². The molecule has 0 unspecified atom stereocenters. The molecule has 0 amide bonds. The Balaban J connectivity index is 1.72. The van der Waals surface area contributed by atoms with Gasteiger partial charge in [0.05, 0.1) is 35.0 Å². The first kappa shape index (κ1) is 17.9. The third-order valence-corrected chi connectivity index (χ3v) is 5.42. The number of hydrogen-bond acceptors (Lipinski definition) is 7. The summed E-state index contributed by atoms with van der Waals surface area (Å²) in [4.78, 5) is 5.67. The molecule has 0 saturated carbocycles. The average Bonchev–Trinajstić information content (AvgIpc) is 3.26. The second kappa shape index (κ2) is 8.46. The van der Waals surface area contributed by atoms with E-state index in [-0.39, 0.29) is 0 Å². The lowest BCUT2D eigenvalue weighted by atomic mass is 10.2. The van der Waals surface area contributed by atoms with Crippen molar-refractivity contribution < 1.29 is 9.47 Å². The summed E-state index contributed by atoms with van der Waals surface area (Å²) < 4.78 is 11.8. The van der Waals surface area contributed by atoms with Gasteiger partial charge in [0.25, 0.3) is 0 Å². The standard InChI is InChI=1S/C17H16BrN3O2S2/c1-3-23-14-8-11(7-12(18)16(14)22-2)9-19-21-17-20-13(10-25-17)15-5-4-6-24-15/h4-10H,3H2,1-2H3,(H,20,21)/b19-9-. The maximum atomic E-state index is 5.61. The molecule has 3 rings (SSSR count). The van der Waals surface area contributed by atoms with Gasteiger partial charge in [-0.25, -0.2) is 4.98 Å². The molecule has 8 heteroatoms. The average molecular weight is 438 g/mol. The van der Waals surface area contributed by atoms with Crippen LogP contribution >= 0.6 is 38.6 Å². The number of ether oxygens (including phenoxy) is 2. The van der Waals surface area contributed by atoms with Crippen LogP contribution in [0.3, 0.4) is 0 Å². The number of anilines is 1. The third-order valence-electron chi connectivity index (χ3n) is 3.19. The highest BCUT2D eigenvalue weighted by atomic mass is 79.9. The number of hydrazone groups is 1. The maximum Gasteiger partial charge on any atom is 0.203 e. The van der Waals surface area contributed by atoms with Crippen molar-refractivity contribution in [2.24, 2.45) is 5.10 Å². The third kappa shape index (κ3) is 4.39. The van der Waals surface area contributed by atoms with E-state index in [1.165, 1.54) is 11.3 Å². The highest BCUT2D eigenvalue weighted by Crippen LogP contribution is 2.36. The number of hydrogen-bond donors (Lipinski definition) is 1. The van der Waals surface area contributed by atoms with Gasteiger partial charge in [-0.3, -0.25) is 5.43 Å². The number of thiophene rings is 1. The fourth-order valence-electron chi connectivity index (χ4n) is 2.15. The zero-order chi connectivity index (χ0) is 17.6. The van der Waals surface area contributed by atoms with E-state index in [0.29, 0.717) is 18.1 Å². The lowest BCUT2D eigenvalue weighted by Crippen LogP contribution is -1.98. The fourth-order valence-corrected chi connectivity index (χ4v) is 4.19. The summed E-state index contributed by atoms with van der Waals surface area (Å²) >= 11 is 6.68. The van der Waals surface area contributed by atoms with Crippen molar-refractivity contribution in [2.75, 3.05) is 19.1 Å². The van der Waals surface area contributed by atoms with E-state index in [1.807, 2.05) is 35.9 Å². The molecule has 0 fully saturated rings. The van der Waals surface area contributed by atoms with Gasteiger partial charge in [-0.1, -0.05) is 6.07 Å². The van der Waals surface area contributed by atoms with E-state index in [2.05, 4.69) is 37.5 Å². The topological polar surface area (TPSA) is 55.7 Å². The first-order valence-corrected chi connectivity index (χ1v) is 10.0. The predicted molar refractivity (Wildman–Crippen MR) is 109 cm³/mol. The number of thiazole rings is 1. The minimum atomic E-state index is 0.562. The second-order valence-corrected chi connectivity index (χ2v) is 7.51. The number of nitrogens with one attached hydrogen (secondary N) is 1. The summed E-state index contributed by atoms with van der Waals surface area (Å²) in [6, 6.07) is 7.88. The summed E-state index contributed by atoms with van der Waals surface area (Å²) in [7, 11) is 1.62. The Morgan fingerprint density at radius 3 is 2.96 bits per heavy atom. The molecule has 1 N–H and O–H groups in total. The monoisotopic (exact) mass is 437 g/mol. The van der Waals surface area contributed by atoms with Crippen molar-refractivity contribution in [3.05, 3.63) is 45.1 Å². The summed E-state index contributed by atoms with van der Waals surface area (Å²) in [5.74, 6) is 1.35. The van der Waals surface area contributed by atoms with Gasteiger partial charge in [0, 0.05) is 5.38 Å². The van der Waals surface area contributed by atoms with Gasteiger partial charge < -0.3 is 9.47 Å². The van der Waals surface area contributed by atoms with Crippen molar-refractivity contribution >= 4 is 49.9 Å². The first-order chi connectivity index (χ1) is 12.2. The summed E-state index contributed by atoms with van der Waals surface area (Å²) in [5, 5.41) is 9.06. The van der Waals surface area contributed by atoms with Gasteiger partial charge in [-0.05, 0) is 52.0 Å². The second-order valence-electron chi connectivity index (χ2n) is 4.85. The van der Waals surface area contributed by atoms with Crippen LogP contribution in [0.1, 0.15) is 12.5 Å². The quantitative estimate of drug-likeness (QED) is 0.392. The zero-order valence-electron chi connectivity index (χ0n) is 13.7. The first-order valence-electron chi connectivity index (χ1n) is 7.50. The maximum absolute atomic E-state index is 5.61. The smallest absolute Gasteiger partial charge is 0.203 e. The van der Waals surface area contributed by atoms with Crippen LogP contribution in [-0.4, -0.2) is 24.9 Å². The van der Waals surface area contributed by atoms with Crippen LogP contribution in [-0.2, 0) is 0 Å². The molecule has 0 saturated heterocycles. The molecule has 0 bridgehead atoms. The number of rotatable bonds is 7. The van der Waals surface area contributed by atoms with Crippen LogP contribution in [0.25, 0.3) is 10.6 Å². The molecule has 3 aromatic rings. The van der Waals surface area contributed by atoms with E-state index >= 15 is 0 Å². The molecule has 25 heavy (non-hydrogen) atoms.